The summed E-state index contributed by atoms with van der Waals surface area (Å²) in [5.74, 6) is -1.10. The van der Waals surface area contributed by atoms with Crippen molar-refractivity contribution < 1.29 is 14.7 Å². The van der Waals surface area contributed by atoms with Crippen LogP contribution in [0, 0.1) is 5.41 Å². The van der Waals surface area contributed by atoms with Gasteiger partial charge in [0, 0.05) is 6.04 Å². The van der Waals surface area contributed by atoms with E-state index in [-0.39, 0.29) is 11.9 Å². The first-order valence-electron chi connectivity index (χ1n) is 6.84. The van der Waals surface area contributed by atoms with Crippen LogP contribution in [0.25, 0.3) is 0 Å². The van der Waals surface area contributed by atoms with E-state index in [0.717, 1.165) is 24.4 Å². The number of rotatable bonds is 4. The van der Waals surface area contributed by atoms with Gasteiger partial charge in [-0.05, 0) is 37.7 Å². The fourth-order valence-electron chi connectivity index (χ4n) is 2.66. The van der Waals surface area contributed by atoms with Gasteiger partial charge in [0.2, 0.25) is 0 Å². The van der Waals surface area contributed by atoms with E-state index in [1.807, 2.05) is 6.92 Å². The maximum Gasteiger partial charge on any atom is 0.311 e. The second-order valence-corrected chi connectivity index (χ2v) is 6.15. The Labute approximate surface area is 121 Å². The van der Waals surface area contributed by atoms with E-state index in [9.17, 15) is 14.7 Å². The third-order valence-electron chi connectivity index (χ3n) is 4.10. The molecule has 2 N–H and O–H groups in total. The van der Waals surface area contributed by atoms with Gasteiger partial charge in [-0.3, -0.25) is 9.59 Å². The standard InChI is InChI=1S/C13H19N3O3S/c1-3-8-10(20-16-15-8)11(17)14-9-6-4-5-7-13(9,2)12(18)19/h9H,3-7H2,1-2H3,(H,14,17)(H,18,19). The predicted molar refractivity (Wildman–Crippen MR) is 74.8 cm³/mol. The van der Waals surface area contributed by atoms with Gasteiger partial charge >= 0.3 is 5.97 Å². The zero-order valence-corrected chi connectivity index (χ0v) is 12.5. The van der Waals surface area contributed by atoms with Crippen molar-refractivity contribution in [2.45, 2.75) is 52.0 Å². The van der Waals surface area contributed by atoms with E-state index in [1.165, 1.54) is 0 Å². The van der Waals surface area contributed by atoms with E-state index in [1.54, 1.807) is 6.92 Å². The summed E-state index contributed by atoms with van der Waals surface area (Å²) in [5, 5.41) is 16.2. The van der Waals surface area contributed by atoms with Gasteiger partial charge in [-0.25, -0.2) is 0 Å². The van der Waals surface area contributed by atoms with Crippen LogP contribution in [0.1, 0.15) is 54.9 Å². The van der Waals surface area contributed by atoms with Gasteiger partial charge < -0.3 is 10.4 Å². The van der Waals surface area contributed by atoms with Crippen LogP contribution in [0.5, 0.6) is 0 Å². The van der Waals surface area contributed by atoms with E-state index in [4.69, 9.17) is 0 Å². The Hall–Kier alpha value is -1.50. The summed E-state index contributed by atoms with van der Waals surface area (Å²) in [6.45, 7) is 3.63. The molecule has 7 heteroatoms. The van der Waals surface area contributed by atoms with Crippen LogP contribution in [0.3, 0.4) is 0 Å². The molecule has 1 aliphatic rings. The Balaban J connectivity index is 2.15. The highest BCUT2D eigenvalue weighted by atomic mass is 32.1. The zero-order valence-electron chi connectivity index (χ0n) is 11.7. The highest BCUT2D eigenvalue weighted by Crippen LogP contribution is 2.36. The smallest absolute Gasteiger partial charge is 0.311 e. The Bertz CT molecular complexity index is 517. The van der Waals surface area contributed by atoms with Gasteiger partial charge in [-0.2, -0.15) is 0 Å². The largest absolute Gasteiger partial charge is 0.481 e. The van der Waals surface area contributed by atoms with Crippen LogP contribution in [0.4, 0.5) is 0 Å². The number of aryl methyl sites for hydroxylation is 1. The summed E-state index contributed by atoms with van der Waals surface area (Å²) < 4.78 is 3.79. The maximum absolute atomic E-state index is 12.3. The molecule has 1 saturated carbocycles. The topological polar surface area (TPSA) is 92.2 Å². The molecule has 0 saturated heterocycles. The molecule has 1 aromatic heterocycles. The van der Waals surface area contributed by atoms with Crippen LogP contribution in [-0.4, -0.2) is 32.6 Å². The SMILES string of the molecule is CCc1nnsc1C(=O)NC1CCCCC1(C)C(=O)O. The normalized spacial score (nSPS) is 26.2. The number of hydrogen-bond acceptors (Lipinski definition) is 5. The number of amides is 1. The van der Waals surface area contributed by atoms with Gasteiger partial charge in [0.1, 0.15) is 4.88 Å². The van der Waals surface area contributed by atoms with Gasteiger partial charge in [-0.1, -0.05) is 24.3 Å². The number of aromatic nitrogens is 2. The average Bonchev–Trinajstić information content (AvgIpc) is 2.89. The van der Waals surface area contributed by atoms with Gasteiger partial charge in [-0.15, -0.1) is 5.10 Å². The predicted octanol–water partition coefficient (Wildman–Crippen LogP) is 1.86. The third-order valence-corrected chi connectivity index (χ3v) is 4.87. The Kier molecular flexibility index (Phi) is 4.37. The summed E-state index contributed by atoms with van der Waals surface area (Å²) in [7, 11) is 0. The van der Waals surface area contributed by atoms with Gasteiger partial charge in [0.25, 0.3) is 5.91 Å². The van der Waals surface area contributed by atoms with Crippen molar-refractivity contribution in [2.24, 2.45) is 5.41 Å². The van der Waals surface area contributed by atoms with Crippen molar-refractivity contribution in [3.63, 3.8) is 0 Å². The molecule has 2 atom stereocenters. The van der Waals surface area contributed by atoms with E-state index >= 15 is 0 Å². The van der Waals surface area contributed by atoms with Crippen LogP contribution >= 0.6 is 11.5 Å². The molecule has 1 heterocycles. The second-order valence-electron chi connectivity index (χ2n) is 5.40. The first-order chi connectivity index (χ1) is 9.49. The lowest BCUT2D eigenvalue weighted by atomic mass is 9.71. The lowest BCUT2D eigenvalue weighted by Gasteiger charge is -2.38. The summed E-state index contributed by atoms with van der Waals surface area (Å²) >= 11 is 1.06. The minimum atomic E-state index is -0.890. The van der Waals surface area contributed by atoms with Crippen LogP contribution in [0.15, 0.2) is 0 Å². The maximum atomic E-state index is 12.3. The minimum absolute atomic E-state index is 0.253. The highest BCUT2D eigenvalue weighted by molar-refractivity contribution is 7.08. The van der Waals surface area contributed by atoms with Gasteiger partial charge in [0.05, 0.1) is 11.1 Å². The number of carbonyl (C=O) groups excluding carboxylic acids is 1. The quantitative estimate of drug-likeness (QED) is 0.885. The molecule has 0 spiro atoms. The van der Waals surface area contributed by atoms with Crippen LogP contribution < -0.4 is 5.32 Å². The molecular formula is C13H19N3O3S. The van der Waals surface area contributed by atoms with Crippen molar-refractivity contribution in [3.8, 4) is 0 Å². The zero-order chi connectivity index (χ0) is 14.8. The first-order valence-corrected chi connectivity index (χ1v) is 7.62. The first kappa shape index (κ1) is 14.9. The van der Waals surface area contributed by atoms with Crippen LogP contribution in [-0.2, 0) is 11.2 Å². The number of carboxylic acid groups (broad SMARTS) is 1. The molecule has 1 aliphatic carbocycles. The molecule has 110 valence electrons. The Morgan fingerprint density at radius 1 is 1.50 bits per heavy atom. The lowest BCUT2D eigenvalue weighted by Crippen LogP contribution is -2.52. The van der Waals surface area contributed by atoms with Crippen molar-refractivity contribution in [1.29, 1.82) is 0 Å². The van der Waals surface area contributed by atoms with E-state index in [2.05, 4.69) is 14.9 Å². The average molecular weight is 297 g/mol. The van der Waals surface area contributed by atoms with Crippen molar-refractivity contribution in [1.82, 2.24) is 14.9 Å². The molecule has 0 bridgehead atoms. The monoisotopic (exact) mass is 297 g/mol. The summed E-state index contributed by atoms with van der Waals surface area (Å²) in [6.07, 6.45) is 3.75. The minimum Gasteiger partial charge on any atom is -0.481 e. The third kappa shape index (κ3) is 2.67. The molecule has 6 nitrogen and oxygen atoms in total. The summed E-state index contributed by atoms with van der Waals surface area (Å²) in [5.41, 5.74) is -0.223. The van der Waals surface area contributed by atoms with E-state index in [0.29, 0.717) is 29.8 Å². The van der Waals surface area contributed by atoms with E-state index < -0.39 is 11.4 Å². The molecule has 1 aromatic rings. The number of aliphatic carboxylic acids is 1. The molecular weight excluding hydrogens is 278 g/mol. The fraction of sp³-hybridized carbons (Fsp3) is 0.692. The number of nitrogens with one attached hydrogen (secondary N) is 1. The number of carboxylic acids is 1. The Morgan fingerprint density at radius 2 is 2.25 bits per heavy atom. The molecule has 0 radical (unpaired) electrons. The second kappa shape index (κ2) is 5.87. The fourth-order valence-corrected chi connectivity index (χ4v) is 3.31. The van der Waals surface area contributed by atoms with Crippen molar-refractivity contribution in [2.75, 3.05) is 0 Å². The Morgan fingerprint density at radius 3 is 2.90 bits per heavy atom. The molecule has 2 rings (SSSR count). The highest BCUT2D eigenvalue weighted by Gasteiger charge is 2.44. The molecule has 2 unspecified atom stereocenters. The molecule has 0 aliphatic heterocycles. The van der Waals surface area contributed by atoms with Gasteiger partial charge in [0.15, 0.2) is 0 Å². The molecule has 1 amide bonds. The number of carbonyl (C=O) groups is 2. The lowest BCUT2D eigenvalue weighted by molar-refractivity contribution is -0.151. The molecule has 1 fully saturated rings. The summed E-state index contributed by atoms with van der Waals surface area (Å²) in [4.78, 5) is 24.3. The van der Waals surface area contributed by atoms with Crippen molar-refractivity contribution in [3.05, 3.63) is 10.6 Å². The van der Waals surface area contributed by atoms with Crippen LogP contribution in [0.2, 0.25) is 0 Å². The number of nitrogens with zero attached hydrogens (tertiary/aromatic N) is 2. The molecule has 20 heavy (non-hydrogen) atoms. The van der Waals surface area contributed by atoms with Crippen molar-refractivity contribution >= 4 is 23.4 Å². The molecule has 0 aromatic carbocycles. The summed E-state index contributed by atoms with van der Waals surface area (Å²) in [6, 6.07) is -0.340. The number of hydrogen-bond donors (Lipinski definition) is 2.